The Morgan fingerprint density at radius 3 is 2.44 bits per heavy atom. The molecule has 0 spiro atoms. The summed E-state index contributed by atoms with van der Waals surface area (Å²) in [4.78, 5) is 12.5. The van der Waals surface area contributed by atoms with Crippen molar-refractivity contribution in [3.8, 4) is 6.07 Å². The molecule has 0 aromatic heterocycles. The zero-order valence-corrected chi connectivity index (χ0v) is 13.9. The third-order valence-corrected chi connectivity index (χ3v) is 4.14. The second kappa shape index (κ2) is 7.46. The predicted octanol–water partition coefficient (Wildman–Crippen LogP) is 4.62. The predicted molar refractivity (Wildman–Crippen MR) is 101 cm³/mol. The summed E-state index contributed by atoms with van der Waals surface area (Å²) >= 11 is 0. The number of rotatable bonds is 4. The van der Waals surface area contributed by atoms with Gasteiger partial charge in [0.05, 0.1) is 6.04 Å². The van der Waals surface area contributed by atoms with Crippen molar-refractivity contribution in [1.82, 2.24) is 5.32 Å². The molecule has 0 saturated carbocycles. The second-order valence-electron chi connectivity index (χ2n) is 5.84. The van der Waals surface area contributed by atoms with Gasteiger partial charge in [-0.3, -0.25) is 4.79 Å². The van der Waals surface area contributed by atoms with Gasteiger partial charge in [-0.05, 0) is 34.9 Å². The van der Waals surface area contributed by atoms with Gasteiger partial charge < -0.3 is 5.32 Å². The molecule has 0 radical (unpaired) electrons. The highest BCUT2D eigenvalue weighted by Crippen LogP contribution is 2.21. The van der Waals surface area contributed by atoms with Gasteiger partial charge in [-0.1, -0.05) is 72.8 Å². The van der Waals surface area contributed by atoms with Gasteiger partial charge >= 0.3 is 0 Å². The van der Waals surface area contributed by atoms with Gasteiger partial charge in [0, 0.05) is 0 Å². The molecular formula is C22H18N2O. The minimum absolute atomic E-state index is 0.0964. The first-order valence-corrected chi connectivity index (χ1v) is 8.14. The molecule has 1 N–H and O–H groups in total. The van der Waals surface area contributed by atoms with Crippen LogP contribution in [0, 0.1) is 11.3 Å². The third kappa shape index (κ3) is 3.76. The first kappa shape index (κ1) is 16.5. The maximum Gasteiger partial charge on any atom is 0.262 e. The molecule has 1 unspecified atom stereocenters. The number of hydrogen-bond donors (Lipinski definition) is 1. The summed E-state index contributed by atoms with van der Waals surface area (Å²) in [6.07, 6.45) is 1.65. The molecule has 0 bridgehead atoms. The Kier molecular flexibility index (Phi) is 4.92. The molecule has 0 heterocycles. The van der Waals surface area contributed by atoms with E-state index in [0.29, 0.717) is 0 Å². The molecule has 0 aliphatic rings. The SMILES string of the molecule is CC(NC(=O)/C(C#N)=C/c1cccc2ccccc12)c1ccccc1. The molecule has 3 aromatic rings. The van der Waals surface area contributed by atoms with Crippen LogP contribution in [0.4, 0.5) is 0 Å². The lowest BCUT2D eigenvalue weighted by Gasteiger charge is -2.14. The van der Waals surface area contributed by atoms with Crippen molar-refractivity contribution in [1.29, 1.82) is 5.26 Å². The first-order valence-electron chi connectivity index (χ1n) is 8.14. The maximum absolute atomic E-state index is 12.5. The Morgan fingerprint density at radius 1 is 1.00 bits per heavy atom. The highest BCUT2D eigenvalue weighted by Gasteiger charge is 2.14. The van der Waals surface area contributed by atoms with Crippen LogP contribution in [0.25, 0.3) is 16.8 Å². The summed E-state index contributed by atoms with van der Waals surface area (Å²) in [5.41, 5.74) is 1.95. The number of carbonyl (C=O) groups excluding carboxylic acids is 1. The third-order valence-electron chi connectivity index (χ3n) is 4.14. The lowest BCUT2D eigenvalue weighted by atomic mass is 10.0. The van der Waals surface area contributed by atoms with E-state index in [2.05, 4.69) is 5.32 Å². The molecule has 122 valence electrons. The van der Waals surface area contributed by atoms with Crippen LogP contribution in [0.5, 0.6) is 0 Å². The molecule has 3 nitrogen and oxygen atoms in total. The minimum Gasteiger partial charge on any atom is -0.345 e. The van der Waals surface area contributed by atoms with Gasteiger partial charge in [0.15, 0.2) is 0 Å². The normalized spacial score (nSPS) is 12.4. The van der Waals surface area contributed by atoms with Crippen LogP contribution in [-0.4, -0.2) is 5.91 Å². The van der Waals surface area contributed by atoms with E-state index in [1.807, 2.05) is 85.8 Å². The van der Waals surface area contributed by atoms with Gasteiger partial charge in [-0.25, -0.2) is 0 Å². The molecule has 3 heteroatoms. The summed E-state index contributed by atoms with van der Waals surface area (Å²) in [6, 6.07) is 25.3. The van der Waals surface area contributed by atoms with Crippen molar-refractivity contribution in [3.05, 3.63) is 89.5 Å². The van der Waals surface area contributed by atoms with Crippen molar-refractivity contribution < 1.29 is 4.79 Å². The van der Waals surface area contributed by atoms with Gasteiger partial charge in [-0.2, -0.15) is 5.26 Å². The van der Waals surface area contributed by atoms with E-state index in [9.17, 15) is 10.1 Å². The quantitative estimate of drug-likeness (QED) is 0.561. The molecule has 0 saturated heterocycles. The fraction of sp³-hybridized carbons (Fsp3) is 0.0909. The lowest BCUT2D eigenvalue weighted by Crippen LogP contribution is -2.27. The molecule has 25 heavy (non-hydrogen) atoms. The van der Waals surface area contributed by atoms with Crippen LogP contribution in [-0.2, 0) is 4.79 Å². The van der Waals surface area contributed by atoms with Gasteiger partial charge in [0.1, 0.15) is 11.6 Å². The van der Waals surface area contributed by atoms with E-state index in [-0.39, 0.29) is 17.5 Å². The van der Waals surface area contributed by atoms with Crippen molar-refractivity contribution in [2.45, 2.75) is 13.0 Å². The van der Waals surface area contributed by atoms with Crippen molar-refractivity contribution in [2.24, 2.45) is 0 Å². The van der Waals surface area contributed by atoms with Gasteiger partial charge in [0.2, 0.25) is 0 Å². The Bertz CT molecular complexity index is 963. The smallest absolute Gasteiger partial charge is 0.262 e. The van der Waals surface area contributed by atoms with Crippen molar-refractivity contribution in [3.63, 3.8) is 0 Å². The zero-order chi connectivity index (χ0) is 17.6. The number of carbonyl (C=O) groups is 1. The minimum atomic E-state index is -0.369. The Morgan fingerprint density at radius 2 is 1.68 bits per heavy atom. The lowest BCUT2D eigenvalue weighted by molar-refractivity contribution is -0.117. The molecule has 1 amide bonds. The number of nitriles is 1. The summed E-state index contributed by atoms with van der Waals surface area (Å²) in [7, 11) is 0. The number of benzene rings is 3. The fourth-order valence-electron chi connectivity index (χ4n) is 2.78. The number of hydrogen-bond acceptors (Lipinski definition) is 2. The monoisotopic (exact) mass is 326 g/mol. The van der Waals surface area contributed by atoms with Crippen molar-refractivity contribution >= 4 is 22.8 Å². The second-order valence-corrected chi connectivity index (χ2v) is 5.84. The summed E-state index contributed by atoms with van der Waals surface area (Å²) in [5, 5.41) is 14.4. The van der Waals surface area contributed by atoms with Crippen LogP contribution in [0.3, 0.4) is 0 Å². The summed E-state index contributed by atoms with van der Waals surface area (Å²) < 4.78 is 0. The van der Waals surface area contributed by atoms with Gasteiger partial charge in [0.25, 0.3) is 5.91 Å². The van der Waals surface area contributed by atoms with E-state index in [1.54, 1.807) is 6.08 Å². The van der Waals surface area contributed by atoms with Gasteiger partial charge in [-0.15, -0.1) is 0 Å². The number of nitrogens with zero attached hydrogens (tertiary/aromatic N) is 1. The van der Waals surface area contributed by atoms with E-state index in [4.69, 9.17) is 0 Å². The first-order chi connectivity index (χ1) is 12.2. The van der Waals surface area contributed by atoms with Crippen LogP contribution >= 0.6 is 0 Å². The van der Waals surface area contributed by atoms with Crippen LogP contribution in [0.15, 0.2) is 78.4 Å². The highest BCUT2D eigenvalue weighted by atomic mass is 16.1. The molecular weight excluding hydrogens is 308 g/mol. The maximum atomic E-state index is 12.5. The van der Waals surface area contributed by atoms with Crippen LogP contribution < -0.4 is 5.32 Å². The van der Waals surface area contributed by atoms with E-state index < -0.39 is 0 Å². The number of fused-ring (bicyclic) bond motifs is 1. The Hall–Kier alpha value is -3.38. The Balaban J connectivity index is 1.87. The average Bonchev–Trinajstić information content (AvgIpc) is 2.66. The van der Waals surface area contributed by atoms with E-state index in [1.165, 1.54) is 0 Å². The highest BCUT2D eigenvalue weighted by molar-refractivity contribution is 6.04. The van der Waals surface area contributed by atoms with Crippen molar-refractivity contribution in [2.75, 3.05) is 0 Å². The van der Waals surface area contributed by atoms with Crippen LogP contribution in [0.2, 0.25) is 0 Å². The summed E-state index contributed by atoms with van der Waals surface area (Å²) in [5.74, 6) is -0.369. The van der Waals surface area contributed by atoms with E-state index >= 15 is 0 Å². The molecule has 3 rings (SSSR count). The number of amides is 1. The topological polar surface area (TPSA) is 52.9 Å². The fourth-order valence-corrected chi connectivity index (χ4v) is 2.78. The standard InChI is InChI=1S/C22H18N2O/c1-16(17-8-3-2-4-9-17)24-22(25)20(15-23)14-19-12-7-11-18-10-5-6-13-21(18)19/h2-14,16H,1H3,(H,24,25)/b20-14+. The van der Waals surface area contributed by atoms with E-state index in [0.717, 1.165) is 21.9 Å². The number of nitrogens with one attached hydrogen (secondary N) is 1. The average molecular weight is 326 g/mol. The largest absolute Gasteiger partial charge is 0.345 e. The molecule has 0 fully saturated rings. The Labute approximate surface area is 147 Å². The zero-order valence-electron chi connectivity index (χ0n) is 13.9. The summed E-state index contributed by atoms with van der Waals surface area (Å²) in [6.45, 7) is 1.90. The molecule has 1 atom stereocenters. The molecule has 0 aliphatic heterocycles. The van der Waals surface area contributed by atoms with Crippen LogP contribution in [0.1, 0.15) is 24.1 Å². The molecule has 3 aromatic carbocycles. The molecule has 0 aliphatic carbocycles.